The molecule has 6 heteroatoms. The van der Waals surface area contributed by atoms with Crippen LogP contribution in [-0.4, -0.2) is 42.3 Å². The predicted molar refractivity (Wildman–Crippen MR) is 91.8 cm³/mol. The zero-order valence-electron chi connectivity index (χ0n) is 14.3. The van der Waals surface area contributed by atoms with Crippen LogP contribution in [0.1, 0.15) is 48.9 Å². The summed E-state index contributed by atoms with van der Waals surface area (Å²) in [4.78, 5) is 23.8. The number of hydrogen-bond acceptors (Lipinski definition) is 4. The third-order valence-corrected chi connectivity index (χ3v) is 5.11. The fourth-order valence-electron chi connectivity index (χ4n) is 3.45. The lowest BCUT2D eigenvalue weighted by Gasteiger charge is -2.24. The molecule has 2 N–H and O–H groups in total. The summed E-state index contributed by atoms with van der Waals surface area (Å²) in [6.45, 7) is 1.04. The van der Waals surface area contributed by atoms with E-state index < -0.39 is 17.4 Å². The van der Waals surface area contributed by atoms with E-state index in [4.69, 9.17) is 9.47 Å². The molecule has 1 aromatic rings. The van der Waals surface area contributed by atoms with E-state index in [0.717, 1.165) is 5.75 Å². The van der Waals surface area contributed by atoms with Crippen molar-refractivity contribution in [2.75, 3.05) is 19.8 Å². The Morgan fingerprint density at radius 1 is 1.20 bits per heavy atom. The van der Waals surface area contributed by atoms with Gasteiger partial charge < -0.3 is 19.9 Å². The van der Waals surface area contributed by atoms with E-state index in [1.807, 2.05) is 0 Å². The molecule has 2 aliphatic rings. The van der Waals surface area contributed by atoms with Crippen LogP contribution in [-0.2, 0) is 9.53 Å². The average Bonchev–Trinajstić information content (AvgIpc) is 3.11. The standard InChI is InChI=1S/C19H25NO5/c21-17(20-19(18(22)23)10-11-24-13-19)15-6-8-16(9-7-15)25-12-14-4-2-1-3-5-14/h6-9,14H,1-5,10-13H2,(H,20,21)(H,22,23). The summed E-state index contributed by atoms with van der Waals surface area (Å²) >= 11 is 0. The number of carbonyl (C=O) groups is 2. The second-order valence-corrected chi connectivity index (χ2v) is 6.98. The summed E-state index contributed by atoms with van der Waals surface area (Å²) in [6, 6.07) is 6.85. The first-order valence-electron chi connectivity index (χ1n) is 8.96. The normalized spacial score (nSPS) is 24.0. The fraction of sp³-hybridized carbons (Fsp3) is 0.579. The van der Waals surface area contributed by atoms with Crippen molar-refractivity contribution in [3.63, 3.8) is 0 Å². The highest BCUT2D eigenvalue weighted by atomic mass is 16.5. The summed E-state index contributed by atoms with van der Waals surface area (Å²) in [5.74, 6) is -0.119. The van der Waals surface area contributed by atoms with Crippen molar-refractivity contribution < 1.29 is 24.2 Å². The molecule has 6 nitrogen and oxygen atoms in total. The van der Waals surface area contributed by atoms with Crippen molar-refractivity contribution in [3.05, 3.63) is 29.8 Å². The van der Waals surface area contributed by atoms with Crippen LogP contribution in [0.4, 0.5) is 0 Å². The number of ether oxygens (including phenoxy) is 2. The predicted octanol–water partition coefficient (Wildman–Crippen LogP) is 2.62. The number of hydrogen-bond donors (Lipinski definition) is 2. The molecular weight excluding hydrogens is 322 g/mol. The Labute approximate surface area is 147 Å². The van der Waals surface area contributed by atoms with Gasteiger partial charge in [0, 0.05) is 18.6 Å². The summed E-state index contributed by atoms with van der Waals surface area (Å²) in [5.41, 5.74) is -0.912. The zero-order chi connectivity index (χ0) is 17.7. The SMILES string of the molecule is O=C(NC1(C(=O)O)CCOC1)c1ccc(OCC2CCCCC2)cc1. The van der Waals surface area contributed by atoms with Gasteiger partial charge in [0.2, 0.25) is 0 Å². The number of aliphatic carboxylic acids is 1. The fourth-order valence-corrected chi connectivity index (χ4v) is 3.45. The van der Waals surface area contributed by atoms with Gasteiger partial charge in [-0.2, -0.15) is 0 Å². The van der Waals surface area contributed by atoms with Gasteiger partial charge in [0.05, 0.1) is 13.2 Å². The van der Waals surface area contributed by atoms with Gasteiger partial charge in [-0.1, -0.05) is 19.3 Å². The Balaban J connectivity index is 1.56. The van der Waals surface area contributed by atoms with Crippen LogP contribution < -0.4 is 10.1 Å². The Hall–Kier alpha value is -2.08. The zero-order valence-corrected chi connectivity index (χ0v) is 14.3. The quantitative estimate of drug-likeness (QED) is 0.826. The molecule has 1 unspecified atom stereocenters. The van der Waals surface area contributed by atoms with Gasteiger partial charge >= 0.3 is 5.97 Å². The first kappa shape index (κ1) is 17.7. The minimum atomic E-state index is -1.33. The number of carboxylic acids is 1. The van der Waals surface area contributed by atoms with Gasteiger partial charge in [-0.05, 0) is 43.0 Å². The highest BCUT2D eigenvalue weighted by Crippen LogP contribution is 2.25. The lowest BCUT2D eigenvalue weighted by molar-refractivity contribution is -0.144. The Morgan fingerprint density at radius 2 is 1.92 bits per heavy atom. The van der Waals surface area contributed by atoms with Crippen molar-refractivity contribution in [2.24, 2.45) is 5.92 Å². The minimum Gasteiger partial charge on any atom is -0.493 e. The third-order valence-electron chi connectivity index (χ3n) is 5.11. The number of benzene rings is 1. The molecule has 1 saturated heterocycles. The number of nitrogens with one attached hydrogen (secondary N) is 1. The van der Waals surface area contributed by atoms with Gasteiger partial charge in [-0.3, -0.25) is 4.79 Å². The van der Waals surface area contributed by atoms with E-state index in [9.17, 15) is 14.7 Å². The molecule has 1 saturated carbocycles. The largest absolute Gasteiger partial charge is 0.493 e. The molecule has 1 atom stereocenters. The van der Waals surface area contributed by atoms with Crippen LogP contribution in [0.15, 0.2) is 24.3 Å². The van der Waals surface area contributed by atoms with Gasteiger partial charge in [0.15, 0.2) is 5.54 Å². The second kappa shape index (κ2) is 7.87. The Kier molecular flexibility index (Phi) is 5.58. The monoisotopic (exact) mass is 347 g/mol. The summed E-state index contributed by atoms with van der Waals surface area (Å²) in [7, 11) is 0. The van der Waals surface area contributed by atoms with Crippen molar-refractivity contribution in [1.29, 1.82) is 0 Å². The molecule has 136 valence electrons. The van der Waals surface area contributed by atoms with Gasteiger partial charge in [0.1, 0.15) is 5.75 Å². The molecule has 25 heavy (non-hydrogen) atoms. The van der Waals surface area contributed by atoms with E-state index in [1.165, 1.54) is 32.1 Å². The second-order valence-electron chi connectivity index (χ2n) is 6.98. The van der Waals surface area contributed by atoms with Crippen molar-refractivity contribution in [1.82, 2.24) is 5.32 Å². The average molecular weight is 347 g/mol. The van der Waals surface area contributed by atoms with E-state index >= 15 is 0 Å². The Bertz CT molecular complexity index is 601. The van der Waals surface area contributed by atoms with Crippen LogP contribution in [0.3, 0.4) is 0 Å². The molecule has 1 aliphatic heterocycles. The van der Waals surface area contributed by atoms with E-state index in [-0.39, 0.29) is 13.0 Å². The van der Waals surface area contributed by atoms with Gasteiger partial charge in [0.25, 0.3) is 5.91 Å². The Morgan fingerprint density at radius 3 is 2.52 bits per heavy atom. The lowest BCUT2D eigenvalue weighted by Crippen LogP contribution is -2.55. The molecule has 0 spiro atoms. The summed E-state index contributed by atoms with van der Waals surface area (Å²) in [5, 5.41) is 12.0. The highest BCUT2D eigenvalue weighted by molar-refractivity contribution is 5.98. The van der Waals surface area contributed by atoms with Crippen molar-refractivity contribution >= 4 is 11.9 Å². The molecule has 0 bridgehead atoms. The first-order chi connectivity index (χ1) is 12.1. The van der Waals surface area contributed by atoms with Crippen molar-refractivity contribution in [3.8, 4) is 5.75 Å². The van der Waals surface area contributed by atoms with Crippen LogP contribution in [0.25, 0.3) is 0 Å². The van der Waals surface area contributed by atoms with E-state index in [0.29, 0.717) is 24.7 Å². The molecular formula is C19H25NO5. The molecule has 2 fully saturated rings. The maximum Gasteiger partial charge on any atom is 0.331 e. The van der Waals surface area contributed by atoms with Gasteiger partial charge in [-0.25, -0.2) is 4.79 Å². The summed E-state index contributed by atoms with van der Waals surface area (Å²) in [6.07, 6.45) is 6.60. The maximum absolute atomic E-state index is 12.4. The highest BCUT2D eigenvalue weighted by Gasteiger charge is 2.44. The number of amides is 1. The van der Waals surface area contributed by atoms with Crippen LogP contribution in [0.2, 0.25) is 0 Å². The minimum absolute atomic E-state index is 0.00332. The number of carboxylic acid groups (broad SMARTS) is 1. The van der Waals surface area contributed by atoms with E-state index in [1.54, 1.807) is 24.3 Å². The maximum atomic E-state index is 12.4. The molecule has 1 amide bonds. The van der Waals surface area contributed by atoms with Crippen LogP contribution in [0.5, 0.6) is 5.75 Å². The molecule has 1 heterocycles. The van der Waals surface area contributed by atoms with E-state index in [2.05, 4.69) is 5.32 Å². The topological polar surface area (TPSA) is 84.9 Å². The molecule has 3 rings (SSSR count). The third kappa shape index (κ3) is 4.31. The summed E-state index contributed by atoms with van der Waals surface area (Å²) < 4.78 is 11.0. The van der Waals surface area contributed by atoms with Crippen molar-refractivity contribution in [2.45, 2.75) is 44.1 Å². The van der Waals surface area contributed by atoms with Crippen LogP contribution in [0, 0.1) is 5.92 Å². The lowest BCUT2D eigenvalue weighted by atomic mass is 9.90. The van der Waals surface area contributed by atoms with Gasteiger partial charge in [-0.15, -0.1) is 0 Å². The van der Waals surface area contributed by atoms with Crippen LogP contribution >= 0.6 is 0 Å². The molecule has 1 aliphatic carbocycles. The molecule has 0 radical (unpaired) electrons. The number of rotatable bonds is 6. The molecule has 1 aromatic carbocycles. The molecule has 0 aromatic heterocycles. The number of carbonyl (C=O) groups excluding carboxylic acids is 1. The smallest absolute Gasteiger partial charge is 0.331 e. The first-order valence-corrected chi connectivity index (χ1v) is 8.96.